The van der Waals surface area contributed by atoms with Crippen molar-refractivity contribution < 1.29 is 0 Å². The molecule has 0 amide bonds. The number of fused-ring (bicyclic) bond motifs is 5. The van der Waals surface area contributed by atoms with E-state index in [1.165, 1.54) is 22.1 Å². The highest BCUT2D eigenvalue weighted by atomic mass is 15.1. The molecule has 0 unspecified atom stereocenters. The number of pyridine rings is 1. The van der Waals surface area contributed by atoms with Crippen LogP contribution in [0.4, 0.5) is 0 Å². The van der Waals surface area contributed by atoms with Crippen LogP contribution in [0.5, 0.6) is 0 Å². The van der Waals surface area contributed by atoms with Gasteiger partial charge in [0.05, 0.1) is 11.2 Å². The van der Waals surface area contributed by atoms with Crippen LogP contribution in [0.3, 0.4) is 0 Å². The van der Waals surface area contributed by atoms with Crippen molar-refractivity contribution in [1.29, 1.82) is 0 Å². The Hall–Kier alpha value is -3.79. The second-order valence-corrected chi connectivity index (χ2v) is 6.61. The Balaban J connectivity index is 1.82. The van der Waals surface area contributed by atoms with E-state index in [4.69, 9.17) is 4.98 Å². The topological polar surface area (TPSA) is 43.6 Å². The zero-order chi connectivity index (χ0) is 17.8. The summed E-state index contributed by atoms with van der Waals surface area (Å²) in [5.41, 5.74) is 7.99. The molecule has 126 valence electrons. The Morgan fingerprint density at radius 3 is 2.11 bits per heavy atom. The minimum Gasteiger partial charge on any atom is -0.285 e. The lowest BCUT2D eigenvalue weighted by Gasteiger charge is -2.10. The second kappa shape index (κ2) is 5.35. The fourth-order valence-electron chi connectivity index (χ4n) is 4.06. The highest BCUT2D eigenvalue weighted by molar-refractivity contribution is 6.12. The van der Waals surface area contributed by atoms with Crippen molar-refractivity contribution in [1.82, 2.24) is 19.5 Å². The number of rotatable bonds is 1. The summed E-state index contributed by atoms with van der Waals surface area (Å²) in [6, 6.07) is 20.9. The van der Waals surface area contributed by atoms with Crippen molar-refractivity contribution in [3.05, 3.63) is 85.5 Å². The lowest BCUT2D eigenvalue weighted by atomic mass is 9.95. The molecule has 0 fully saturated rings. The molecule has 0 bridgehead atoms. The SMILES string of the molecule is c1cnc(-n2cc3c4c(cccc42)-c2ccccc2-c2cccnc2-3)nc1. The van der Waals surface area contributed by atoms with Gasteiger partial charge in [-0.3, -0.25) is 9.55 Å². The van der Waals surface area contributed by atoms with E-state index in [0.717, 1.165) is 22.3 Å². The number of nitrogens with zero attached hydrogens (tertiary/aromatic N) is 4. The molecular weight excluding hydrogens is 332 g/mol. The van der Waals surface area contributed by atoms with E-state index >= 15 is 0 Å². The number of hydrogen-bond acceptors (Lipinski definition) is 3. The first-order valence-corrected chi connectivity index (χ1v) is 8.88. The van der Waals surface area contributed by atoms with Gasteiger partial charge >= 0.3 is 0 Å². The van der Waals surface area contributed by atoms with Crippen LogP contribution in [0.25, 0.3) is 50.4 Å². The fraction of sp³-hybridized carbons (Fsp3) is 0. The van der Waals surface area contributed by atoms with Crippen molar-refractivity contribution >= 4 is 10.9 Å². The molecule has 0 atom stereocenters. The molecule has 0 saturated heterocycles. The highest BCUT2D eigenvalue weighted by Crippen LogP contribution is 2.47. The summed E-state index contributed by atoms with van der Waals surface area (Å²) in [7, 11) is 0. The molecule has 0 N–H and O–H groups in total. The zero-order valence-electron chi connectivity index (χ0n) is 14.4. The van der Waals surface area contributed by atoms with Gasteiger partial charge in [0, 0.05) is 41.3 Å². The van der Waals surface area contributed by atoms with Crippen molar-refractivity contribution in [3.8, 4) is 39.5 Å². The Morgan fingerprint density at radius 1 is 0.556 bits per heavy atom. The van der Waals surface area contributed by atoms with E-state index in [2.05, 4.69) is 69.3 Å². The lowest BCUT2D eigenvalue weighted by molar-refractivity contribution is 0.962. The van der Waals surface area contributed by atoms with Crippen molar-refractivity contribution in [2.75, 3.05) is 0 Å². The number of aromatic nitrogens is 4. The summed E-state index contributed by atoms with van der Waals surface area (Å²) < 4.78 is 2.06. The first kappa shape index (κ1) is 14.4. The van der Waals surface area contributed by atoms with E-state index in [1.54, 1.807) is 12.4 Å². The van der Waals surface area contributed by atoms with Crippen LogP contribution < -0.4 is 0 Å². The largest absolute Gasteiger partial charge is 0.285 e. The molecule has 0 aliphatic heterocycles. The normalized spacial score (nSPS) is 11.7. The van der Waals surface area contributed by atoms with Gasteiger partial charge in [0.15, 0.2) is 0 Å². The van der Waals surface area contributed by atoms with Crippen LogP contribution >= 0.6 is 0 Å². The predicted molar refractivity (Wildman–Crippen MR) is 107 cm³/mol. The molecule has 0 radical (unpaired) electrons. The van der Waals surface area contributed by atoms with E-state index in [-0.39, 0.29) is 0 Å². The number of benzene rings is 2. The molecule has 1 aliphatic rings. The van der Waals surface area contributed by atoms with Crippen LogP contribution in [0, 0.1) is 0 Å². The van der Waals surface area contributed by atoms with Crippen molar-refractivity contribution in [3.63, 3.8) is 0 Å². The van der Waals surface area contributed by atoms with Gasteiger partial charge in [-0.2, -0.15) is 0 Å². The van der Waals surface area contributed by atoms with E-state index < -0.39 is 0 Å². The Morgan fingerprint density at radius 2 is 1.26 bits per heavy atom. The smallest absolute Gasteiger partial charge is 0.234 e. The minimum absolute atomic E-state index is 0.664. The standard InChI is InChI=1S/C23H14N4/c1-2-7-16-15(6-1)17-8-3-10-20-21(17)19(22-18(16)9-4-11-24-22)14-27(20)23-25-12-5-13-26-23/h1-14H. The van der Waals surface area contributed by atoms with Crippen molar-refractivity contribution in [2.24, 2.45) is 0 Å². The molecule has 1 aliphatic carbocycles. The fourth-order valence-corrected chi connectivity index (χ4v) is 4.06. The molecule has 5 aromatic rings. The van der Waals surface area contributed by atoms with E-state index in [0.29, 0.717) is 5.95 Å². The van der Waals surface area contributed by atoms with Gasteiger partial charge in [-0.05, 0) is 34.9 Å². The summed E-state index contributed by atoms with van der Waals surface area (Å²) in [6.07, 6.45) is 7.51. The Labute approximate surface area is 155 Å². The van der Waals surface area contributed by atoms with Gasteiger partial charge in [0.1, 0.15) is 0 Å². The van der Waals surface area contributed by atoms with Gasteiger partial charge in [0.25, 0.3) is 0 Å². The van der Waals surface area contributed by atoms with Gasteiger partial charge in [-0.25, -0.2) is 9.97 Å². The molecular formula is C23H14N4. The van der Waals surface area contributed by atoms with Crippen LogP contribution in [-0.2, 0) is 0 Å². The quantitative estimate of drug-likeness (QED) is 0.414. The lowest BCUT2D eigenvalue weighted by Crippen LogP contribution is -1.98. The van der Waals surface area contributed by atoms with Crippen LogP contribution in [-0.4, -0.2) is 19.5 Å². The molecule has 2 aromatic carbocycles. The third-order valence-corrected chi connectivity index (χ3v) is 5.17. The minimum atomic E-state index is 0.664. The maximum atomic E-state index is 4.75. The van der Waals surface area contributed by atoms with Crippen LogP contribution in [0.2, 0.25) is 0 Å². The van der Waals surface area contributed by atoms with Crippen LogP contribution in [0.1, 0.15) is 0 Å². The molecule has 0 saturated carbocycles. The molecule has 3 heterocycles. The van der Waals surface area contributed by atoms with Gasteiger partial charge in [0.2, 0.25) is 5.95 Å². The molecule has 4 heteroatoms. The summed E-state index contributed by atoms with van der Waals surface area (Å²) in [6.45, 7) is 0. The average Bonchev–Trinajstić information content (AvgIpc) is 3.09. The third-order valence-electron chi connectivity index (χ3n) is 5.17. The summed E-state index contributed by atoms with van der Waals surface area (Å²) in [5.74, 6) is 0.664. The second-order valence-electron chi connectivity index (χ2n) is 6.61. The molecule has 3 aromatic heterocycles. The summed E-state index contributed by atoms with van der Waals surface area (Å²) >= 11 is 0. The number of hydrogen-bond donors (Lipinski definition) is 0. The summed E-state index contributed by atoms with van der Waals surface area (Å²) in [5, 5.41) is 1.19. The zero-order valence-corrected chi connectivity index (χ0v) is 14.4. The van der Waals surface area contributed by atoms with E-state index in [9.17, 15) is 0 Å². The third kappa shape index (κ3) is 1.95. The Bertz CT molecular complexity index is 1320. The van der Waals surface area contributed by atoms with Gasteiger partial charge in [-0.1, -0.05) is 42.5 Å². The predicted octanol–water partition coefficient (Wildman–Crippen LogP) is 5.13. The van der Waals surface area contributed by atoms with Crippen molar-refractivity contribution in [2.45, 2.75) is 0 Å². The monoisotopic (exact) mass is 346 g/mol. The first-order chi connectivity index (χ1) is 13.4. The molecule has 6 rings (SSSR count). The average molecular weight is 346 g/mol. The molecule has 4 nitrogen and oxygen atoms in total. The maximum Gasteiger partial charge on any atom is 0.234 e. The Kier molecular flexibility index (Phi) is 2.85. The molecule has 27 heavy (non-hydrogen) atoms. The van der Waals surface area contributed by atoms with Gasteiger partial charge in [-0.15, -0.1) is 0 Å². The van der Waals surface area contributed by atoms with Gasteiger partial charge < -0.3 is 0 Å². The maximum absolute atomic E-state index is 4.75. The molecule has 0 spiro atoms. The van der Waals surface area contributed by atoms with Crippen LogP contribution in [0.15, 0.2) is 85.5 Å². The summed E-state index contributed by atoms with van der Waals surface area (Å²) in [4.78, 5) is 13.7. The van der Waals surface area contributed by atoms with E-state index in [1.807, 2.05) is 18.3 Å². The first-order valence-electron chi connectivity index (χ1n) is 8.88. The highest BCUT2D eigenvalue weighted by Gasteiger charge is 2.24.